The van der Waals surface area contributed by atoms with Gasteiger partial charge in [-0.3, -0.25) is 4.79 Å². The van der Waals surface area contributed by atoms with E-state index in [1.54, 1.807) is 0 Å². The van der Waals surface area contributed by atoms with Crippen LogP contribution < -0.4 is 0 Å². The van der Waals surface area contributed by atoms with E-state index in [0.29, 0.717) is 12.0 Å². The maximum absolute atomic E-state index is 10.5. The van der Waals surface area contributed by atoms with Gasteiger partial charge in [0.05, 0.1) is 26.4 Å². The van der Waals surface area contributed by atoms with Gasteiger partial charge in [0.25, 0.3) is 0 Å². The number of carbonyl (C=O) groups is 1. The maximum Gasteiger partial charge on any atom is 0.302 e. The molecule has 0 atom stereocenters. The fourth-order valence-electron chi connectivity index (χ4n) is 1.94. The van der Waals surface area contributed by atoms with Crippen molar-refractivity contribution in [3.8, 4) is 0 Å². The van der Waals surface area contributed by atoms with Crippen molar-refractivity contribution in [2.45, 2.75) is 46.0 Å². The summed E-state index contributed by atoms with van der Waals surface area (Å²) in [5.41, 5.74) is 0.301. The number of unbranched alkanes of at least 4 members (excludes halogenated alkanes) is 3. The van der Waals surface area contributed by atoms with Crippen LogP contribution in [0.25, 0.3) is 0 Å². The van der Waals surface area contributed by atoms with Gasteiger partial charge in [0.2, 0.25) is 0 Å². The highest BCUT2D eigenvalue weighted by molar-refractivity contribution is 5.65. The van der Waals surface area contributed by atoms with Gasteiger partial charge in [-0.25, -0.2) is 0 Å². The normalized spacial score (nSPS) is 17.2. The molecular formula is C14H26O4. The molecular weight excluding hydrogens is 232 g/mol. The predicted octanol–water partition coefficient (Wildman–Crippen LogP) is 2.55. The van der Waals surface area contributed by atoms with Crippen LogP contribution in [0.5, 0.6) is 0 Å². The lowest BCUT2D eigenvalue weighted by atomic mass is 9.84. The number of carbonyl (C=O) groups excluding carboxylic acids is 1. The first kappa shape index (κ1) is 15.4. The van der Waals surface area contributed by atoms with E-state index >= 15 is 0 Å². The molecule has 0 spiro atoms. The summed E-state index contributed by atoms with van der Waals surface area (Å²) in [5, 5.41) is 0. The van der Waals surface area contributed by atoms with Crippen molar-refractivity contribution in [1.82, 2.24) is 0 Å². The van der Waals surface area contributed by atoms with Gasteiger partial charge in [-0.05, 0) is 25.7 Å². The lowest BCUT2D eigenvalue weighted by Gasteiger charge is -2.40. The Bertz CT molecular complexity index is 230. The molecule has 1 aliphatic heterocycles. The van der Waals surface area contributed by atoms with E-state index in [2.05, 4.69) is 6.92 Å². The standard InChI is InChI=1S/C14H26O4/c1-3-14(11-17-12-14)10-16-8-6-4-5-7-9-18-13(2)15/h3-12H2,1-2H3. The molecule has 0 bridgehead atoms. The molecule has 106 valence electrons. The van der Waals surface area contributed by atoms with Crippen molar-refractivity contribution in [2.24, 2.45) is 5.41 Å². The molecule has 1 aliphatic rings. The van der Waals surface area contributed by atoms with Gasteiger partial charge in [0, 0.05) is 18.9 Å². The number of esters is 1. The van der Waals surface area contributed by atoms with Gasteiger partial charge in [-0.2, -0.15) is 0 Å². The summed E-state index contributed by atoms with van der Waals surface area (Å²) in [6.45, 7) is 7.55. The quantitative estimate of drug-likeness (QED) is 0.446. The molecule has 0 amide bonds. The number of ether oxygens (including phenoxy) is 3. The molecule has 18 heavy (non-hydrogen) atoms. The van der Waals surface area contributed by atoms with Crippen molar-refractivity contribution in [3.05, 3.63) is 0 Å². The van der Waals surface area contributed by atoms with E-state index in [9.17, 15) is 4.79 Å². The zero-order valence-corrected chi connectivity index (χ0v) is 11.7. The maximum atomic E-state index is 10.5. The highest BCUT2D eigenvalue weighted by Gasteiger charge is 2.36. The summed E-state index contributed by atoms with van der Waals surface area (Å²) < 4.78 is 15.8. The third-order valence-corrected chi connectivity index (χ3v) is 3.46. The zero-order valence-electron chi connectivity index (χ0n) is 11.7. The molecule has 0 aromatic heterocycles. The Balaban J connectivity index is 1.82. The lowest BCUT2D eigenvalue weighted by Crippen LogP contribution is -2.45. The molecule has 0 aromatic carbocycles. The first-order valence-electron chi connectivity index (χ1n) is 6.97. The summed E-state index contributed by atoms with van der Waals surface area (Å²) >= 11 is 0. The van der Waals surface area contributed by atoms with Crippen LogP contribution in [0, 0.1) is 5.41 Å². The van der Waals surface area contributed by atoms with Gasteiger partial charge >= 0.3 is 5.97 Å². The van der Waals surface area contributed by atoms with Crippen LogP contribution in [0.3, 0.4) is 0 Å². The molecule has 0 aliphatic carbocycles. The molecule has 4 heteroatoms. The number of rotatable bonds is 10. The van der Waals surface area contributed by atoms with E-state index in [4.69, 9.17) is 14.2 Å². The van der Waals surface area contributed by atoms with Gasteiger partial charge < -0.3 is 14.2 Å². The summed E-state index contributed by atoms with van der Waals surface area (Å²) in [6.07, 6.45) is 5.40. The average Bonchev–Trinajstić information content (AvgIpc) is 2.29. The van der Waals surface area contributed by atoms with Gasteiger partial charge in [-0.1, -0.05) is 13.3 Å². The smallest absolute Gasteiger partial charge is 0.302 e. The van der Waals surface area contributed by atoms with Gasteiger partial charge in [0.15, 0.2) is 0 Å². The second kappa shape index (κ2) is 8.48. The van der Waals surface area contributed by atoms with Crippen LogP contribution in [0.4, 0.5) is 0 Å². The Morgan fingerprint density at radius 1 is 1.17 bits per heavy atom. The van der Waals surface area contributed by atoms with Crippen LogP contribution in [-0.2, 0) is 19.0 Å². The third-order valence-electron chi connectivity index (χ3n) is 3.46. The fourth-order valence-corrected chi connectivity index (χ4v) is 1.94. The van der Waals surface area contributed by atoms with Crippen molar-refractivity contribution >= 4 is 5.97 Å². The van der Waals surface area contributed by atoms with Crippen molar-refractivity contribution < 1.29 is 19.0 Å². The second-order valence-corrected chi connectivity index (χ2v) is 5.15. The minimum Gasteiger partial charge on any atom is -0.466 e. The van der Waals surface area contributed by atoms with Crippen molar-refractivity contribution in [1.29, 1.82) is 0 Å². The van der Waals surface area contributed by atoms with Crippen LogP contribution in [0.2, 0.25) is 0 Å². The lowest BCUT2D eigenvalue weighted by molar-refractivity contribution is -0.150. The molecule has 1 heterocycles. The topological polar surface area (TPSA) is 44.8 Å². The SMILES string of the molecule is CCC1(COCCCCCCOC(C)=O)COC1. The van der Waals surface area contributed by atoms with E-state index in [1.807, 2.05) is 0 Å². The van der Waals surface area contributed by atoms with Crippen molar-refractivity contribution in [3.63, 3.8) is 0 Å². The molecule has 4 nitrogen and oxygen atoms in total. The van der Waals surface area contributed by atoms with E-state index < -0.39 is 0 Å². The van der Waals surface area contributed by atoms with Crippen LogP contribution in [0.1, 0.15) is 46.0 Å². The first-order valence-corrected chi connectivity index (χ1v) is 6.97. The summed E-state index contributed by atoms with van der Waals surface area (Å²) in [4.78, 5) is 10.5. The highest BCUT2D eigenvalue weighted by atomic mass is 16.5. The Morgan fingerprint density at radius 3 is 2.33 bits per heavy atom. The number of hydrogen-bond acceptors (Lipinski definition) is 4. The minimum atomic E-state index is -0.189. The second-order valence-electron chi connectivity index (χ2n) is 5.15. The molecule has 0 saturated carbocycles. The van der Waals surface area contributed by atoms with E-state index in [0.717, 1.165) is 58.5 Å². The Labute approximate surface area is 110 Å². The van der Waals surface area contributed by atoms with Crippen molar-refractivity contribution in [2.75, 3.05) is 33.0 Å². The largest absolute Gasteiger partial charge is 0.466 e. The van der Waals surface area contributed by atoms with E-state index in [-0.39, 0.29) is 5.97 Å². The van der Waals surface area contributed by atoms with Crippen LogP contribution in [0.15, 0.2) is 0 Å². The summed E-state index contributed by atoms with van der Waals surface area (Å²) in [6, 6.07) is 0. The van der Waals surface area contributed by atoms with Gasteiger partial charge in [-0.15, -0.1) is 0 Å². The number of hydrogen-bond donors (Lipinski definition) is 0. The molecule has 0 N–H and O–H groups in total. The fraction of sp³-hybridized carbons (Fsp3) is 0.929. The zero-order chi connectivity index (χ0) is 13.3. The molecule has 1 fully saturated rings. The first-order chi connectivity index (χ1) is 8.68. The Kier molecular flexibility index (Phi) is 7.28. The monoisotopic (exact) mass is 258 g/mol. The van der Waals surface area contributed by atoms with Crippen LogP contribution >= 0.6 is 0 Å². The molecule has 0 aromatic rings. The predicted molar refractivity (Wildman–Crippen MR) is 69.5 cm³/mol. The molecule has 1 saturated heterocycles. The van der Waals surface area contributed by atoms with E-state index in [1.165, 1.54) is 6.92 Å². The Morgan fingerprint density at radius 2 is 1.83 bits per heavy atom. The molecule has 1 rings (SSSR count). The van der Waals surface area contributed by atoms with Gasteiger partial charge in [0.1, 0.15) is 0 Å². The van der Waals surface area contributed by atoms with Crippen LogP contribution in [-0.4, -0.2) is 39.0 Å². The summed E-state index contributed by atoms with van der Waals surface area (Å²) in [7, 11) is 0. The third kappa shape index (κ3) is 5.83. The average molecular weight is 258 g/mol. The minimum absolute atomic E-state index is 0.189. The Hall–Kier alpha value is -0.610. The molecule has 0 unspecified atom stereocenters. The molecule has 0 radical (unpaired) electrons. The summed E-state index contributed by atoms with van der Waals surface area (Å²) in [5.74, 6) is -0.189. The highest BCUT2D eigenvalue weighted by Crippen LogP contribution is 2.31.